The maximum atomic E-state index is 12.4. The highest BCUT2D eigenvalue weighted by Crippen LogP contribution is 2.21. The molecular formula is C19H20N4O3S. The number of anilines is 1. The Kier molecular flexibility index (Phi) is 4.91. The number of aromatic nitrogens is 2. The Bertz CT molecular complexity index is 1000. The van der Waals surface area contributed by atoms with Crippen LogP contribution in [0.3, 0.4) is 0 Å². The summed E-state index contributed by atoms with van der Waals surface area (Å²) < 4.78 is 7.38. The number of amides is 1. The zero-order chi connectivity index (χ0) is 18.8. The van der Waals surface area contributed by atoms with Gasteiger partial charge in [0.25, 0.3) is 11.5 Å². The van der Waals surface area contributed by atoms with Crippen LogP contribution in [0.5, 0.6) is 5.75 Å². The molecule has 0 saturated carbocycles. The summed E-state index contributed by atoms with van der Waals surface area (Å²) in [5.41, 5.74) is 0.240. The van der Waals surface area contributed by atoms with Gasteiger partial charge < -0.3 is 15.0 Å². The van der Waals surface area contributed by atoms with Crippen molar-refractivity contribution in [1.29, 1.82) is 0 Å². The number of benzene rings is 1. The second kappa shape index (κ2) is 7.50. The van der Waals surface area contributed by atoms with E-state index in [9.17, 15) is 9.59 Å². The van der Waals surface area contributed by atoms with E-state index < -0.39 is 5.91 Å². The van der Waals surface area contributed by atoms with Crippen LogP contribution in [0.25, 0.3) is 4.96 Å². The Balaban J connectivity index is 1.42. The minimum Gasteiger partial charge on any atom is -0.490 e. The summed E-state index contributed by atoms with van der Waals surface area (Å²) in [5.74, 6) is 0.307. The number of hydrogen-bond donors (Lipinski definition) is 1. The molecule has 0 aliphatic carbocycles. The van der Waals surface area contributed by atoms with Gasteiger partial charge in [-0.3, -0.25) is 14.0 Å². The molecule has 1 amide bonds. The van der Waals surface area contributed by atoms with Crippen LogP contribution in [0.1, 0.15) is 23.2 Å². The molecule has 140 valence electrons. The lowest BCUT2D eigenvalue weighted by Gasteiger charge is -2.29. The quantitative estimate of drug-likeness (QED) is 0.748. The molecule has 1 N–H and O–H groups in total. The van der Waals surface area contributed by atoms with Crippen molar-refractivity contribution in [3.63, 3.8) is 0 Å². The normalized spacial score (nSPS) is 15.7. The number of nitrogens with zero attached hydrogens (tertiary/aromatic N) is 3. The molecule has 27 heavy (non-hydrogen) atoms. The second-order valence-corrected chi connectivity index (χ2v) is 7.50. The number of carbonyl (C=O) groups is 1. The standard InChI is InChI=1S/C19H20N4O3S/c1-22-8-6-15(7-9-22)26-14-4-2-13(3-5-14)21-17(24)16-12-20-19-23(18(16)25)10-11-27-19/h2-5,10-12,15H,6-9H2,1H3,(H,21,24). The fourth-order valence-corrected chi connectivity index (χ4v) is 3.77. The first-order chi connectivity index (χ1) is 13.1. The van der Waals surface area contributed by atoms with E-state index in [1.807, 2.05) is 12.1 Å². The molecule has 1 saturated heterocycles. The largest absolute Gasteiger partial charge is 0.490 e. The number of ether oxygens (including phenoxy) is 1. The molecule has 7 nitrogen and oxygen atoms in total. The molecule has 0 unspecified atom stereocenters. The lowest BCUT2D eigenvalue weighted by atomic mass is 10.1. The number of likely N-dealkylation sites (tertiary alicyclic amines) is 1. The van der Waals surface area contributed by atoms with E-state index in [0.29, 0.717) is 10.6 Å². The summed E-state index contributed by atoms with van der Waals surface area (Å²) >= 11 is 1.35. The summed E-state index contributed by atoms with van der Waals surface area (Å²) in [5, 5.41) is 4.50. The van der Waals surface area contributed by atoms with Gasteiger partial charge in [-0.25, -0.2) is 4.98 Å². The van der Waals surface area contributed by atoms with Gasteiger partial charge in [-0.2, -0.15) is 0 Å². The van der Waals surface area contributed by atoms with Crippen LogP contribution in [0, 0.1) is 0 Å². The summed E-state index contributed by atoms with van der Waals surface area (Å²) in [6, 6.07) is 7.22. The van der Waals surface area contributed by atoms with Crippen molar-refractivity contribution in [3.05, 3.63) is 58.0 Å². The van der Waals surface area contributed by atoms with Gasteiger partial charge >= 0.3 is 0 Å². The number of thiazole rings is 1. The fraction of sp³-hybridized carbons (Fsp3) is 0.316. The van der Waals surface area contributed by atoms with Crippen LogP contribution in [-0.4, -0.2) is 46.4 Å². The highest BCUT2D eigenvalue weighted by atomic mass is 32.1. The Hall–Kier alpha value is -2.71. The molecule has 2 aromatic heterocycles. The van der Waals surface area contributed by atoms with Gasteiger partial charge in [0, 0.05) is 36.6 Å². The summed E-state index contributed by atoms with van der Waals surface area (Å²) in [4.78, 5) is 31.8. The van der Waals surface area contributed by atoms with E-state index in [0.717, 1.165) is 31.7 Å². The predicted octanol–water partition coefficient (Wildman–Crippen LogP) is 2.48. The number of piperidine rings is 1. The van der Waals surface area contributed by atoms with E-state index in [2.05, 4.69) is 22.2 Å². The predicted molar refractivity (Wildman–Crippen MR) is 105 cm³/mol. The Labute approximate surface area is 160 Å². The maximum Gasteiger partial charge on any atom is 0.271 e. The van der Waals surface area contributed by atoms with Crippen molar-refractivity contribution in [2.75, 3.05) is 25.5 Å². The zero-order valence-corrected chi connectivity index (χ0v) is 15.7. The molecule has 8 heteroatoms. The topological polar surface area (TPSA) is 75.9 Å². The van der Waals surface area contributed by atoms with E-state index in [1.165, 1.54) is 21.9 Å². The lowest BCUT2D eigenvalue weighted by Crippen LogP contribution is -2.35. The third-order valence-electron chi connectivity index (χ3n) is 4.67. The molecule has 0 atom stereocenters. The van der Waals surface area contributed by atoms with Crippen LogP contribution < -0.4 is 15.6 Å². The van der Waals surface area contributed by atoms with Gasteiger partial charge in [-0.15, -0.1) is 11.3 Å². The van der Waals surface area contributed by atoms with Gasteiger partial charge in [0.05, 0.1) is 0 Å². The van der Waals surface area contributed by atoms with Crippen molar-refractivity contribution in [2.24, 2.45) is 0 Å². The summed E-state index contributed by atoms with van der Waals surface area (Å²) in [6.07, 6.45) is 5.18. The number of nitrogens with one attached hydrogen (secondary N) is 1. The molecule has 0 spiro atoms. The molecule has 1 fully saturated rings. The van der Waals surface area contributed by atoms with Crippen molar-refractivity contribution in [1.82, 2.24) is 14.3 Å². The summed E-state index contributed by atoms with van der Waals surface area (Å²) in [7, 11) is 2.12. The van der Waals surface area contributed by atoms with Gasteiger partial charge in [-0.05, 0) is 44.2 Å². The van der Waals surface area contributed by atoms with Crippen LogP contribution in [0.2, 0.25) is 0 Å². The molecule has 1 aliphatic rings. The number of fused-ring (bicyclic) bond motifs is 1. The lowest BCUT2D eigenvalue weighted by molar-refractivity contribution is 0.102. The van der Waals surface area contributed by atoms with Gasteiger partial charge in [0.2, 0.25) is 0 Å². The summed E-state index contributed by atoms with van der Waals surface area (Å²) in [6.45, 7) is 2.08. The Morgan fingerprint density at radius 3 is 2.74 bits per heavy atom. The van der Waals surface area contributed by atoms with E-state index in [-0.39, 0.29) is 17.2 Å². The second-order valence-electron chi connectivity index (χ2n) is 6.63. The van der Waals surface area contributed by atoms with Crippen molar-refractivity contribution in [3.8, 4) is 5.75 Å². The average Bonchev–Trinajstić information content (AvgIpc) is 3.15. The highest BCUT2D eigenvalue weighted by Gasteiger charge is 2.18. The molecule has 3 heterocycles. The van der Waals surface area contributed by atoms with E-state index in [1.54, 1.807) is 23.7 Å². The minimum atomic E-state index is -0.475. The highest BCUT2D eigenvalue weighted by molar-refractivity contribution is 7.15. The van der Waals surface area contributed by atoms with E-state index in [4.69, 9.17) is 4.74 Å². The number of hydrogen-bond acceptors (Lipinski definition) is 6. The number of carbonyl (C=O) groups excluding carboxylic acids is 1. The fourth-order valence-electron chi connectivity index (χ4n) is 3.09. The van der Waals surface area contributed by atoms with Crippen LogP contribution in [-0.2, 0) is 0 Å². The first-order valence-corrected chi connectivity index (χ1v) is 9.69. The first-order valence-electron chi connectivity index (χ1n) is 8.81. The van der Waals surface area contributed by atoms with Crippen LogP contribution in [0.4, 0.5) is 5.69 Å². The molecule has 0 bridgehead atoms. The monoisotopic (exact) mass is 384 g/mol. The van der Waals surface area contributed by atoms with Crippen molar-refractivity contribution in [2.45, 2.75) is 18.9 Å². The van der Waals surface area contributed by atoms with Crippen molar-refractivity contribution < 1.29 is 9.53 Å². The molecule has 1 aliphatic heterocycles. The third-order valence-corrected chi connectivity index (χ3v) is 5.44. The van der Waals surface area contributed by atoms with Gasteiger partial charge in [-0.1, -0.05) is 0 Å². The number of rotatable bonds is 4. The SMILES string of the molecule is CN1CCC(Oc2ccc(NC(=O)c3cnc4sccn4c3=O)cc2)CC1. The van der Waals surface area contributed by atoms with Gasteiger partial charge in [0.15, 0.2) is 4.96 Å². The minimum absolute atomic E-state index is 0.0116. The molecular weight excluding hydrogens is 364 g/mol. The first kappa shape index (κ1) is 17.7. The van der Waals surface area contributed by atoms with Crippen LogP contribution in [0.15, 0.2) is 46.8 Å². The third kappa shape index (κ3) is 3.86. The maximum absolute atomic E-state index is 12.4. The van der Waals surface area contributed by atoms with Crippen molar-refractivity contribution >= 4 is 27.9 Å². The molecule has 4 rings (SSSR count). The van der Waals surface area contributed by atoms with E-state index >= 15 is 0 Å². The molecule has 1 aromatic carbocycles. The average molecular weight is 384 g/mol. The molecule has 3 aromatic rings. The molecule has 0 radical (unpaired) electrons. The van der Waals surface area contributed by atoms with Gasteiger partial charge in [0.1, 0.15) is 17.4 Å². The van der Waals surface area contributed by atoms with Crippen LogP contribution >= 0.6 is 11.3 Å². The Morgan fingerprint density at radius 2 is 2.00 bits per heavy atom. The smallest absolute Gasteiger partial charge is 0.271 e. The Morgan fingerprint density at radius 1 is 1.26 bits per heavy atom. The zero-order valence-electron chi connectivity index (χ0n) is 14.9.